The summed E-state index contributed by atoms with van der Waals surface area (Å²) in [6.45, 7) is 12.3. The van der Waals surface area contributed by atoms with E-state index in [1.807, 2.05) is 25.1 Å². The molecule has 0 aliphatic carbocycles. The van der Waals surface area contributed by atoms with Gasteiger partial charge in [-0.25, -0.2) is 4.98 Å². The number of carbonyl (C=O) groups excluding carboxylic acids is 1. The number of thiazole rings is 1. The lowest BCUT2D eigenvalue weighted by atomic mass is 10.1. The number of aromatic nitrogens is 3. The largest absolute Gasteiger partial charge is 0.338 e. The summed E-state index contributed by atoms with van der Waals surface area (Å²) in [4.78, 5) is 20.5. The summed E-state index contributed by atoms with van der Waals surface area (Å²) in [5.41, 5.74) is 1.78. The Labute approximate surface area is 155 Å². The molecule has 2 heterocycles. The van der Waals surface area contributed by atoms with E-state index in [4.69, 9.17) is 0 Å². The minimum atomic E-state index is 0.117. The summed E-state index contributed by atoms with van der Waals surface area (Å²) in [6, 6.07) is 0. The van der Waals surface area contributed by atoms with Crippen LogP contribution in [0.4, 0.5) is 0 Å². The second-order valence-electron chi connectivity index (χ2n) is 7.49. The summed E-state index contributed by atoms with van der Waals surface area (Å²) in [7, 11) is 1.88. The molecule has 0 spiro atoms. The fourth-order valence-corrected chi connectivity index (χ4v) is 3.55. The molecule has 2 aromatic rings. The molecule has 0 atom stereocenters. The van der Waals surface area contributed by atoms with Gasteiger partial charge in [0.2, 0.25) is 0 Å². The van der Waals surface area contributed by atoms with Crippen LogP contribution in [0.3, 0.4) is 0 Å². The van der Waals surface area contributed by atoms with Crippen molar-refractivity contribution in [3.05, 3.63) is 23.0 Å². The first-order valence-corrected chi connectivity index (χ1v) is 9.85. The van der Waals surface area contributed by atoms with E-state index in [9.17, 15) is 4.79 Å². The zero-order valence-corrected chi connectivity index (χ0v) is 17.1. The van der Waals surface area contributed by atoms with Gasteiger partial charge in [0.1, 0.15) is 9.88 Å². The van der Waals surface area contributed by atoms with Gasteiger partial charge in [0.15, 0.2) is 0 Å². The van der Waals surface area contributed by atoms with Crippen molar-refractivity contribution in [1.29, 1.82) is 0 Å². The van der Waals surface area contributed by atoms with Crippen LogP contribution in [0.5, 0.6) is 0 Å². The van der Waals surface area contributed by atoms with Gasteiger partial charge >= 0.3 is 0 Å². The van der Waals surface area contributed by atoms with Crippen LogP contribution in [0.25, 0.3) is 10.6 Å². The van der Waals surface area contributed by atoms with Crippen LogP contribution in [-0.4, -0.2) is 38.7 Å². The van der Waals surface area contributed by atoms with Gasteiger partial charge in [-0.1, -0.05) is 27.7 Å². The fourth-order valence-electron chi connectivity index (χ4n) is 2.54. The van der Waals surface area contributed by atoms with Gasteiger partial charge in [-0.15, -0.1) is 11.3 Å². The van der Waals surface area contributed by atoms with Gasteiger partial charge in [0.05, 0.1) is 11.9 Å². The van der Waals surface area contributed by atoms with Crippen molar-refractivity contribution in [2.75, 3.05) is 13.1 Å². The molecule has 0 unspecified atom stereocenters. The van der Waals surface area contributed by atoms with E-state index in [2.05, 4.69) is 37.8 Å². The molecule has 25 heavy (non-hydrogen) atoms. The van der Waals surface area contributed by atoms with Crippen LogP contribution in [0.1, 0.15) is 55.9 Å². The van der Waals surface area contributed by atoms with Crippen molar-refractivity contribution in [2.24, 2.45) is 18.9 Å². The molecule has 0 saturated carbocycles. The first-order chi connectivity index (χ1) is 11.8. The van der Waals surface area contributed by atoms with Crippen LogP contribution < -0.4 is 0 Å². The molecule has 0 fully saturated rings. The maximum absolute atomic E-state index is 13.1. The Morgan fingerprint density at radius 2 is 1.80 bits per heavy atom. The number of carbonyl (C=O) groups is 1. The van der Waals surface area contributed by atoms with Gasteiger partial charge in [-0.2, -0.15) is 5.10 Å². The zero-order valence-electron chi connectivity index (χ0n) is 16.2. The molecule has 6 heteroatoms. The molecule has 0 aromatic carbocycles. The second kappa shape index (κ2) is 8.61. The Hall–Kier alpha value is -1.69. The number of amides is 1. The Kier molecular flexibility index (Phi) is 6.76. The molecule has 0 bridgehead atoms. The summed E-state index contributed by atoms with van der Waals surface area (Å²) in [5, 5.41) is 5.06. The minimum Gasteiger partial charge on any atom is -0.338 e. The Balaban J connectivity index is 2.20. The summed E-state index contributed by atoms with van der Waals surface area (Å²) < 4.78 is 1.76. The van der Waals surface area contributed by atoms with Gasteiger partial charge in [-0.05, 0) is 31.6 Å². The van der Waals surface area contributed by atoms with Crippen LogP contribution >= 0.6 is 11.3 Å². The SMILES string of the molecule is Cc1nc(-c2cnn(C)c2)sc1C(=O)N(CCC(C)C)CCC(C)C. The van der Waals surface area contributed by atoms with Crippen molar-refractivity contribution >= 4 is 17.2 Å². The maximum atomic E-state index is 13.1. The van der Waals surface area contributed by atoms with E-state index >= 15 is 0 Å². The molecule has 1 amide bonds. The van der Waals surface area contributed by atoms with Crippen molar-refractivity contribution in [3.63, 3.8) is 0 Å². The third kappa shape index (κ3) is 5.39. The average Bonchev–Trinajstić information content (AvgIpc) is 3.12. The van der Waals surface area contributed by atoms with Crippen LogP contribution in [0.2, 0.25) is 0 Å². The molecule has 138 valence electrons. The highest BCUT2D eigenvalue weighted by molar-refractivity contribution is 7.17. The lowest BCUT2D eigenvalue weighted by Crippen LogP contribution is -2.34. The quantitative estimate of drug-likeness (QED) is 0.700. The predicted octanol–water partition coefficient (Wildman–Crippen LogP) is 4.39. The fraction of sp³-hybridized carbons (Fsp3) is 0.632. The third-order valence-corrected chi connectivity index (χ3v) is 5.38. The lowest BCUT2D eigenvalue weighted by molar-refractivity contribution is 0.0744. The molecule has 0 saturated heterocycles. The standard InChI is InChI=1S/C19H30N4OS/c1-13(2)7-9-23(10-8-14(3)4)19(24)17-15(5)21-18(25-17)16-11-20-22(6)12-16/h11-14H,7-10H2,1-6H3. The first kappa shape index (κ1) is 19.6. The lowest BCUT2D eigenvalue weighted by Gasteiger charge is -2.24. The van der Waals surface area contributed by atoms with E-state index in [-0.39, 0.29) is 5.91 Å². The summed E-state index contributed by atoms with van der Waals surface area (Å²) in [6.07, 6.45) is 5.78. The first-order valence-electron chi connectivity index (χ1n) is 9.03. The molecular formula is C19H30N4OS. The highest BCUT2D eigenvalue weighted by Gasteiger charge is 2.22. The number of rotatable bonds is 8. The normalized spacial score (nSPS) is 11.5. The molecule has 0 N–H and O–H groups in total. The maximum Gasteiger partial charge on any atom is 0.265 e. The van der Waals surface area contributed by atoms with E-state index in [1.165, 1.54) is 11.3 Å². The van der Waals surface area contributed by atoms with Crippen molar-refractivity contribution < 1.29 is 4.79 Å². The van der Waals surface area contributed by atoms with E-state index in [1.54, 1.807) is 10.9 Å². The molecule has 0 aliphatic heterocycles. The topological polar surface area (TPSA) is 51.0 Å². The minimum absolute atomic E-state index is 0.117. The summed E-state index contributed by atoms with van der Waals surface area (Å²) >= 11 is 1.48. The van der Waals surface area contributed by atoms with E-state index < -0.39 is 0 Å². The number of hydrogen-bond acceptors (Lipinski definition) is 4. The Bertz CT molecular complexity index is 690. The van der Waals surface area contributed by atoms with Crippen LogP contribution in [0, 0.1) is 18.8 Å². The smallest absolute Gasteiger partial charge is 0.265 e. The number of nitrogens with zero attached hydrogens (tertiary/aromatic N) is 4. The zero-order chi connectivity index (χ0) is 18.6. The molecular weight excluding hydrogens is 332 g/mol. The highest BCUT2D eigenvalue weighted by atomic mass is 32.1. The molecule has 2 aromatic heterocycles. The van der Waals surface area contributed by atoms with Gasteiger partial charge in [0.25, 0.3) is 5.91 Å². The third-order valence-electron chi connectivity index (χ3n) is 4.18. The Morgan fingerprint density at radius 3 is 2.28 bits per heavy atom. The number of hydrogen-bond donors (Lipinski definition) is 0. The van der Waals surface area contributed by atoms with Crippen molar-refractivity contribution in [2.45, 2.75) is 47.5 Å². The van der Waals surface area contributed by atoms with Gasteiger partial charge in [-0.3, -0.25) is 9.48 Å². The monoisotopic (exact) mass is 362 g/mol. The van der Waals surface area contributed by atoms with E-state index in [0.29, 0.717) is 11.8 Å². The van der Waals surface area contributed by atoms with Crippen molar-refractivity contribution in [3.8, 4) is 10.6 Å². The predicted molar refractivity (Wildman–Crippen MR) is 104 cm³/mol. The second-order valence-corrected chi connectivity index (χ2v) is 8.49. The van der Waals surface area contributed by atoms with Crippen molar-refractivity contribution in [1.82, 2.24) is 19.7 Å². The molecule has 0 radical (unpaired) electrons. The molecule has 2 rings (SSSR count). The number of aryl methyl sites for hydroxylation is 2. The van der Waals surface area contributed by atoms with Gasteiger partial charge < -0.3 is 4.90 Å². The summed E-state index contributed by atoms with van der Waals surface area (Å²) in [5.74, 6) is 1.29. The van der Waals surface area contributed by atoms with Crippen LogP contribution in [0.15, 0.2) is 12.4 Å². The highest BCUT2D eigenvalue weighted by Crippen LogP contribution is 2.28. The van der Waals surface area contributed by atoms with Crippen LogP contribution in [-0.2, 0) is 7.05 Å². The van der Waals surface area contributed by atoms with E-state index in [0.717, 1.165) is 47.1 Å². The molecule has 0 aliphatic rings. The molecule has 5 nitrogen and oxygen atoms in total. The van der Waals surface area contributed by atoms with Gasteiger partial charge in [0, 0.05) is 31.9 Å². The Morgan fingerprint density at radius 1 is 1.20 bits per heavy atom. The average molecular weight is 363 g/mol.